The monoisotopic (exact) mass is 469 g/mol. The minimum Gasteiger partial charge on any atom is -0.506 e. The van der Waals surface area contributed by atoms with Crippen LogP contribution in [0.25, 0.3) is 12.2 Å². The number of methoxy groups -OCH3 is 1. The molecule has 1 atom stereocenters. The van der Waals surface area contributed by atoms with Crippen LogP contribution in [-0.2, 0) is 4.79 Å². The standard InChI is InChI=1S/C28H23NO4S/c1-17-14-22-26(27(30)23(34-22)16-21-12-7-13-33-21)25(18-8-6-11-20(15-18)32-2)24(17)28(31)29-19-9-4-3-5-10-19/h3-16,25,30H,1-2H3,(H,29,31). The fourth-order valence-corrected chi connectivity index (χ4v) is 5.47. The maximum Gasteiger partial charge on any atom is 0.252 e. The van der Waals surface area contributed by atoms with Gasteiger partial charge in [0.25, 0.3) is 5.91 Å². The number of ether oxygens (including phenoxy) is 1. The second kappa shape index (κ2) is 9.08. The van der Waals surface area contributed by atoms with E-state index in [2.05, 4.69) is 5.32 Å². The van der Waals surface area contributed by atoms with E-state index in [1.807, 2.05) is 79.7 Å². The number of amides is 1. The molecule has 2 N–H and O–H groups in total. The zero-order valence-corrected chi connectivity index (χ0v) is 19.6. The minimum absolute atomic E-state index is 0.151. The molecule has 170 valence electrons. The SMILES string of the molecule is COc1cccc(C2C(C(=O)Nc3ccccc3)=C(C)C=c3sc(=Cc4ccco4)c(O)c32)c1. The molecule has 5 nitrogen and oxygen atoms in total. The number of furan rings is 1. The van der Waals surface area contributed by atoms with Crippen molar-refractivity contribution < 1.29 is 19.1 Å². The number of aromatic hydroxyl groups is 1. The molecule has 4 aromatic rings. The van der Waals surface area contributed by atoms with Crippen LogP contribution in [0.1, 0.15) is 29.7 Å². The lowest BCUT2D eigenvalue weighted by Crippen LogP contribution is -2.26. The molecule has 6 heteroatoms. The van der Waals surface area contributed by atoms with Gasteiger partial charge in [0.05, 0.1) is 17.9 Å². The van der Waals surface area contributed by atoms with Crippen molar-refractivity contribution in [1.82, 2.24) is 0 Å². The van der Waals surface area contributed by atoms with Gasteiger partial charge in [0.15, 0.2) is 0 Å². The molecule has 2 aromatic carbocycles. The van der Waals surface area contributed by atoms with Crippen molar-refractivity contribution in [2.24, 2.45) is 0 Å². The van der Waals surface area contributed by atoms with E-state index in [-0.39, 0.29) is 11.7 Å². The number of nitrogens with one attached hydrogen (secondary N) is 1. The molecule has 0 aliphatic heterocycles. The van der Waals surface area contributed by atoms with Crippen molar-refractivity contribution >= 4 is 35.1 Å². The normalized spacial score (nSPS) is 15.6. The molecule has 0 saturated carbocycles. The van der Waals surface area contributed by atoms with Gasteiger partial charge in [-0.15, -0.1) is 11.3 Å². The number of hydrogen-bond acceptors (Lipinski definition) is 5. The van der Waals surface area contributed by atoms with Crippen LogP contribution < -0.4 is 19.1 Å². The number of hydrogen-bond donors (Lipinski definition) is 2. The van der Waals surface area contributed by atoms with Gasteiger partial charge in [-0.1, -0.05) is 30.3 Å². The number of anilines is 1. The molecule has 0 saturated heterocycles. The van der Waals surface area contributed by atoms with E-state index in [0.29, 0.717) is 32.9 Å². The molecule has 0 radical (unpaired) electrons. The Morgan fingerprint density at radius 2 is 1.94 bits per heavy atom. The highest BCUT2D eigenvalue weighted by atomic mass is 32.1. The van der Waals surface area contributed by atoms with Crippen LogP contribution in [-0.4, -0.2) is 18.1 Å². The predicted molar refractivity (Wildman–Crippen MR) is 135 cm³/mol. The third-order valence-electron chi connectivity index (χ3n) is 5.84. The summed E-state index contributed by atoms with van der Waals surface area (Å²) < 4.78 is 12.5. The van der Waals surface area contributed by atoms with E-state index < -0.39 is 5.92 Å². The number of rotatable bonds is 5. The summed E-state index contributed by atoms with van der Waals surface area (Å²) in [4.78, 5) is 13.6. The van der Waals surface area contributed by atoms with Crippen LogP contribution in [0, 0.1) is 0 Å². The van der Waals surface area contributed by atoms with Crippen molar-refractivity contribution in [3.8, 4) is 11.5 Å². The van der Waals surface area contributed by atoms with E-state index in [9.17, 15) is 9.90 Å². The lowest BCUT2D eigenvalue weighted by atomic mass is 9.79. The summed E-state index contributed by atoms with van der Waals surface area (Å²) in [5.41, 5.74) is 3.72. The molecule has 2 heterocycles. The first-order valence-corrected chi connectivity index (χ1v) is 11.7. The maximum atomic E-state index is 13.6. The summed E-state index contributed by atoms with van der Waals surface area (Å²) in [5, 5.41) is 14.4. The Morgan fingerprint density at radius 3 is 2.68 bits per heavy atom. The Bertz CT molecular complexity index is 1500. The van der Waals surface area contributed by atoms with Crippen molar-refractivity contribution in [2.75, 3.05) is 12.4 Å². The fourth-order valence-electron chi connectivity index (χ4n) is 4.29. The maximum absolute atomic E-state index is 13.6. The van der Waals surface area contributed by atoms with E-state index >= 15 is 0 Å². The third kappa shape index (κ3) is 4.04. The van der Waals surface area contributed by atoms with E-state index in [1.54, 1.807) is 19.4 Å². The van der Waals surface area contributed by atoms with Crippen molar-refractivity contribution in [3.63, 3.8) is 0 Å². The van der Waals surface area contributed by atoms with Gasteiger partial charge in [-0.2, -0.15) is 0 Å². The van der Waals surface area contributed by atoms with Crippen molar-refractivity contribution in [2.45, 2.75) is 12.8 Å². The van der Waals surface area contributed by atoms with Crippen LogP contribution in [0.2, 0.25) is 0 Å². The van der Waals surface area contributed by atoms with E-state index in [0.717, 1.165) is 15.7 Å². The van der Waals surface area contributed by atoms with Gasteiger partial charge in [-0.05, 0) is 60.5 Å². The Labute approximate surface area is 201 Å². The van der Waals surface area contributed by atoms with E-state index in [4.69, 9.17) is 9.15 Å². The summed E-state index contributed by atoms with van der Waals surface area (Å²) in [6.45, 7) is 1.93. The van der Waals surface area contributed by atoms with Crippen LogP contribution >= 0.6 is 11.3 Å². The van der Waals surface area contributed by atoms with Gasteiger partial charge in [0, 0.05) is 33.4 Å². The molecular weight excluding hydrogens is 446 g/mol. The molecule has 1 amide bonds. The molecule has 2 aromatic heterocycles. The zero-order valence-electron chi connectivity index (χ0n) is 18.7. The summed E-state index contributed by atoms with van der Waals surface area (Å²) in [6.07, 6.45) is 5.38. The van der Waals surface area contributed by atoms with Crippen molar-refractivity contribution in [3.05, 3.63) is 110 Å². The third-order valence-corrected chi connectivity index (χ3v) is 6.93. The van der Waals surface area contributed by atoms with Crippen molar-refractivity contribution in [1.29, 1.82) is 0 Å². The first-order valence-electron chi connectivity index (χ1n) is 10.8. The quantitative estimate of drug-likeness (QED) is 0.442. The summed E-state index contributed by atoms with van der Waals surface area (Å²) in [6, 6.07) is 20.6. The van der Waals surface area contributed by atoms with Crippen LogP contribution in [0.5, 0.6) is 11.5 Å². The summed E-state index contributed by atoms with van der Waals surface area (Å²) >= 11 is 1.47. The zero-order chi connectivity index (χ0) is 23.7. The number of thiophene rings is 1. The van der Waals surface area contributed by atoms with Crippen LogP contribution in [0.4, 0.5) is 5.69 Å². The topological polar surface area (TPSA) is 71.7 Å². The smallest absolute Gasteiger partial charge is 0.252 e. The molecule has 5 rings (SSSR count). The van der Waals surface area contributed by atoms with Gasteiger partial charge >= 0.3 is 0 Å². The van der Waals surface area contributed by atoms with Gasteiger partial charge in [-0.25, -0.2) is 0 Å². The predicted octanol–water partition coefficient (Wildman–Crippen LogP) is 4.77. The average Bonchev–Trinajstić information content (AvgIpc) is 3.47. The Hall–Kier alpha value is -4.03. The molecule has 0 fully saturated rings. The molecular formula is C28H23NO4S. The molecule has 1 aliphatic carbocycles. The highest BCUT2D eigenvalue weighted by Gasteiger charge is 2.33. The first-order chi connectivity index (χ1) is 16.5. The molecule has 1 aliphatic rings. The Kier molecular flexibility index (Phi) is 5.82. The molecule has 1 unspecified atom stereocenters. The number of carbonyl (C=O) groups excluding carboxylic acids is 1. The molecule has 34 heavy (non-hydrogen) atoms. The summed E-state index contributed by atoms with van der Waals surface area (Å²) in [7, 11) is 1.61. The number of carbonyl (C=O) groups is 1. The molecule has 0 bridgehead atoms. The lowest BCUT2D eigenvalue weighted by Gasteiger charge is -2.25. The van der Waals surface area contributed by atoms with Gasteiger partial charge in [0.2, 0.25) is 0 Å². The number of fused-ring (bicyclic) bond motifs is 1. The fraction of sp³-hybridized carbons (Fsp3) is 0.107. The van der Waals surface area contributed by atoms with E-state index in [1.165, 1.54) is 11.3 Å². The number of allylic oxidation sites excluding steroid dienone is 1. The second-order valence-electron chi connectivity index (χ2n) is 8.02. The number of para-hydroxylation sites is 1. The highest BCUT2D eigenvalue weighted by Crippen LogP contribution is 2.40. The molecule has 0 spiro atoms. The minimum atomic E-state index is -0.464. The average molecular weight is 470 g/mol. The van der Waals surface area contributed by atoms with Gasteiger partial charge < -0.3 is 19.6 Å². The summed E-state index contributed by atoms with van der Waals surface area (Å²) in [5.74, 6) is 0.817. The second-order valence-corrected chi connectivity index (χ2v) is 9.11. The van der Waals surface area contributed by atoms with Crippen LogP contribution in [0.3, 0.4) is 0 Å². The van der Waals surface area contributed by atoms with Gasteiger partial charge in [0.1, 0.15) is 17.3 Å². The van der Waals surface area contributed by atoms with Gasteiger partial charge in [-0.3, -0.25) is 4.79 Å². The largest absolute Gasteiger partial charge is 0.506 e. The Balaban J connectivity index is 1.69. The first kappa shape index (κ1) is 21.8. The lowest BCUT2D eigenvalue weighted by molar-refractivity contribution is -0.113. The van der Waals surface area contributed by atoms with Crippen LogP contribution in [0.15, 0.2) is 88.6 Å². The Morgan fingerprint density at radius 1 is 1.12 bits per heavy atom. The number of benzene rings is 2. The highest BCUT2D eigenvalue weighted by molar-refractivity contribution is 7.08.